The Kier molecular flexibility index (Phi) is 5.07. The number of methoxy groups -OCH3 is 1. The lowest BCUT2D eigenvalue weighted by Crippen LogP contribution is -2.37. The van der Waals surface area contributed by atoms with Crippen molar-refractivity contribution in [3.8, 4) is 0 Å². The molecule has 1 aromatic rings. The predicted molar refractivity (Wildman–Crippen MR) is 86.8 cm³/mol. The summed E-state index contributed by atoms with van der Waals surface area (Å²) in [5.41, 5.74) is 9.83. The van der Waals surface area contributed by atoms with E-state index in [0.29, 0.717) is 19.1 Å². The Labute approximate surface area is 126 Å². The fraction of sp³-hybridized carbons (Fsp3) is 0.562. The molecule has 116 valence electrons. The average Bonchev–Trinajstić information content (AvgIpc) is 2.82. The molecule has 0 spiro atoms. The normalized spacial score (nSPS) is 13.4. The van der Waals surface area contributed by atoms with Gasteiger partial charge in [0.25, 0.3) is 0 Å². The van der Waals surface area contributed by atoms with E-state index in [1.165, 1.54) is 0 Å². The number of hydrogen-bond acceptors (Lipinski definition) is 4. The second kappa shape index (κ2) is 6.80. The van der Waals surface area contributed by atoms with Crippen LogP contribution in [0.3, 0.4) is 0 Å². The molecular formula is C16H25N3O2. The Bertz CT molecular complexity index is 512. The zero-order chi connectivity index (χ0) is 15.4. The van der Waals surface area contributed by atoms with Gasteiger partial charge in [0.2, 0.25) is 5.91 Å². The zero-order valence-electron chi connectivity index (χ0n) is 13.1. The van der Waals surface area contributed by atoms with E-state index in [-0.39, 0.29) is 5.91 Å². The number of fused-ring (bicyclic) bond motifs is 1. The van der Waals surface area contributed by atoms with Crippen molar-refractivity contribution < 1.29 is 9.53 Å². The maximum atomic E-state index is 11.5. The molecule has 21 heavy (non-hydrogen) atoms. The summed E-state index contributed by atoms with van der Waals surface area (Å²) in [6.07, 6.45) is 2.51. The minimum Gasteiger partial charge on any atom is -0.397 e. The van der Waals surface area contributed by atoms with Gasteiger partial charge in [-0.1, -0.05) is 13.8 Å². The second-order valence-electron chi connectivity index (χ2n) is 5.45. The molecule has 1 amide bonds. The van der Waals surface area contributed by atoms with Crippen LogP contribution in [0.2, 0.25) is 0 Å². The van der Waals surface area contributed by atoms with Crippen molar-refractivity contribution in [2.75, 3.05) is 36.2 Å². The Morgan fingerprint density at radius 1 is 1.38 bits per heavy atom. The molecule has 0 saturated heterocycles. The summed E-state index contributed by atoms with van der Waals surface area (Å²) in [4.78, 5) is 13.8. The molecule has 0 bridgehead atoms. The first-order valence-corrected chi connectivity index (χ1v) is 7.58. The van der Waals surface area contributed by atoms with Gasteiger partial charge in [0, 0.05) is 25.4 Å². The van der Waals surface area contributed by atoms with Crippen LogP contribution < -0.4 is 16.0 Å². The molecule has 0 atom stereocenters. The molecule has 1 aliphatic heterocycles. The molecule has 3 N–H and O–H groups in total. The van der Waals surface area contributed by atoms with Gasteiger partial charge in [-0.25, -0.2) is 0 Å². The Morgan fingerprint density at radius 3 is 2.71 bits per heavy atom. The molecular weight excluding hydrogens is 266 g/mol. The van der Waals surface area contributed by atoms with Crippen LogP contribution in [-0.2, 0) is 16.0 Å². The molecule has 0 unspecified atom stereocenters. The van der Waals surface area contributed by atoms with E-state index in [4.69, 9.17) is 10.5 Å². The summed E-state index contributed by atoms with van der Waals surface area (Å²) in [5, 5.41) is 2.90. The summed E-state index contributed by atoms with van der Waals surface area (Å²) in [5.74, 6) is 0.0347. The Morgan fingerprint density at radius 2 is 2.10 bits per heavy atom. The van der Waals surface area contributed by atoms with Crippen LogP contribution in [0.15, 0.2) is 12.1 Å². The third kappa shape index (κ3) is 3.29. The predicted octanol–water partition coefficient (Wildman–Crippen LogP) is 2.40. The number of nitrogens with zero attached hydrogens (tertiary/aromatic N) is 1. The van der Waals surface area contributed by atoms with E-state index < -0.39 is 0 Å². The van der Waals surface area contributed by atoms with Crippen molar-refractivity contribution >= 4 is 23.0 Å². The number of nitrogen functional groups attached to an aromatic ring is 1. The molecule has 5 nitrogen and oxygen atoms in total. The van der Waals surface area contributed by atoms with Gasteiger partial charge >= 0.3 is 0 Å². The molecule has 0 saturated carbocycles. The molecule has 0 radical (unpaired) electrons. The molecule has 2 rings (SSSR count). The van der Waals surface area contributed by atoms with Crippen LogP contribution in [0.25, 0.3) is 0 Å². The van der Waals surface area contributed by atoms with Crippen LogP contribution in [0.1, 0.15) is 32.3 Å². The number of carbonyl (C=O) groups excluding carboxylic acids is 1. The lowest BCUT2D eigenvalue weighted by atomic mass is 10.1. The Balaban J connectivity index is 2.35. The van der Waals surface area contributed by atoms with E-state index in [9.17, 15) is 4.79 Å². The molecule has 1 aliphatic rings. The van der Waals surface area contributed by atoms with Crippen molar-refractivity contribution in [2.45, 2.75) is 39.2 Å². The van der Waals surface area contributed by atoms with Crippen LogP contribution in [0.5, 0.6) is 0 Å². The molecule has 0 aliphatic carbocycles. The number of nitrogens with one attached hydrogen (secondary N) is 1. The number of nitrogens with two attached hydrogens (primary N) is 1. The monoisotopic (exact) mass is 291 g/mol. The van der Waals surface area contributed by atoms with Crippen molar-refractivity contribution in [2.24, 2.45) is 0 Å². The number of rotatable bonds is 7. The molecule has 0 aromatic heterocycles. The van der Waals surface area contributed by atoms with Gasteiger partial charge in [0.15, 0.2) is 0 Å². The summed E-state index contributed by atoms with van der Waals surface area (Å²) in [6.45, 7) is 5.80. The van der Waals surface area contributed by atoms with E-state index in [1.54, 1.807) is 7.11 Å². The van der Waals surface area contributed by atoms with Crippen molar-refractivity contribution in [1.29, 1.82) is 0 Å². The van der Waals surface area contributed by atoms with Crippen LogP contribution in [0.4, 0.5) is 17.1 Å². The zero-order valence-corrected chi connectivity index (χ0v) is 13.1. The number of benzene rings is 1. The minimum atomic E-state index is 0.0347. The first-order valence-electron chi connectivity index (χ1n) is 7.58. The number of amides is 1. The maximum Gasteiger partial charge on any atom is 0.228 e. The van der Waals surface area contributed by atoms with Gasteiger partial charge in [-0.05, 0) is 30.5 Å². The lowest BCUT2D eigenvalue weighted by Gasteiger charge is -2.33. The summed E-state index contributed by atoms with van der Waals surface area (Å²) in [6, 6.07) is 4.34. The number of anilines is 3. The van der Waals surface area contributed by atoms with Gasteiger partial charge in [-0.15, -0.1) is 0 Å². The summed E-state index contributed by atoms with van der Waals surface area (Å²) in [7, 11) is 1.71. The Hall–Kier alpha value is -1.75. The average molecular weight is 291 g/mol. The lowest BCUT2D eigenvalue weighted by molar-refractivity contribution is -0.115. The summed E-state index contributed by atoms with van der Waals surface area (Å²) < 4.78 is 5.23. The number of carbonyl (C=O) groups is 1. The standard InChI is InChI=1S/C16H25N3O2/c1-4-12(5-2)19(6-7-21-3)15-10-14-11(8-13(15)17)9-16(20)18-14/h8,10,12H,4-7,9,17H2,1-3H3,(H,18,20). The minimum absolute atomic E-state index is 0.0347. The van der Waals surface area contributed by atoms with Gasteiger partial charge in [0.1, 0.15) is 0 Å². The van der Waals surface area contributed by atoms with Gasteiger partial charge < -0.3 is 20.7 Å². The van der Waals surface area contributed by atoms with Crippen LogP contribution in [-0.4, -0.2) is 32.2 Å². The topological polar surface area (TPSA) is 67.6 Å². The fourth-order valence-electron chi connectivity index (χ4n) is 2.95. The molecule has 5 heteroatoms. The highest BCUT2D eigenvalue weighted by Gasteiger charge is 2.23. The third-order valence-electron chi connectivity index (χ3n) is 4.11. The molecule has 1 heterocycles. The largest absolute Gasteiger partial charge is 0.397 e. The highest BCUT2D eigenvalue weighted by molar-refractivity contribution is 6.00. The van der Waals surface area contributed by atoms with Gasteiger partial charge in [-0.3, -0.25) is 4.79 Å². The van der Waals surface area contributed by atoms with Crippen LogP contribution in [0, 0.1) is 0 Å². The first-order chi connectivity index (χ1) is 10.1. The fourth-order valence-corrected chi connectivity index (χ4v) is 2.95. The van der Waals surface area contributed by atoms with E-state index in [2.05, 4.69) is 24.1 Å². The van der Waals surface area contributed by atoms with Gasteiger partial charge in [0.05, 0.1) is 24.4 Å². The molecule has 1 aromatic carbocycles. The van der Waals surface area contributed by atoms with E-state index >= 15 is 0 Å². The van der Waals surface area contributed by atoms with E-state index in [1.807, 2.05) is 12.1 Å². The smallest absolute Gasteiger partial charge is 0.228 e. The van der Waals surface area contributed by atoms with E-state index in [0.717, 1.165) is 42.0 Å². The highest BCUT2D eigenvalue weighted by atomic mass is 16.5. The summed E-state index contributed by atoms with van der Waals surface area (Å²) >= 11 is 0. The second-order valence-corrected chi connectivity index (χ2v) is 5.45. The van der Waals surface area contributed by atoms with Crippen molar-refractivity contribution in [3.05, 3.63) is 17.7 Å². The van der Waals surface area contributed by atoms with Crippen molar-refractivity contribution in [3.63, 3.8) is 0 Å². The third-order valence-corrected chi connectivity index (χ3v) is 4.11. The van der Waals surface area contributed by atoms with Crippen LogP contribution >= 0.6 is 0 Å². The number of hydrogen-bond donors (Lipinski definition) is 2. The maximum absolute atomic E-state index is 11.5. The highest BCUT2D eigenvalue weighted by Crippen LogP contribution is 2.35. The quantitative estimate of drug-likeness (QED) is 0.757. The number of ether oxygens (including phenoxy) is 1. The van der Waals surface area contributed by atoms with Gasteiger partial charge in [-0.2, -0.15) is 0 Å². The first kappa shape index (κ1) is 15.6. The SMILES string of the molecule is CCC(CC)N(CCOC)c1cc2c(cc1N)CC(=O)N2. The molecule has 0 fully saturated rings. The van der Waals surface area contributed by atoms with Crippen molar-refractivity contribution in [1.82, 2.24) is 0 Å².